The second-order valence-electron chi connectivity index (χ2n) is 8.29. The number of nitriles is 1. The molecule has 1 aliphatic rings. The molecule has 1 saturated carbocycles. The van der Waals surface area contributed by atoms with Gasteiger partial charge in [-0.15, -0.1) is 11.3 Å². The summed E-state index contributed by atoms with van der Waals surface area (Å²) < 4.78 is 31.9. The van der Waals surface area contributed by atoms with Crippen molar-refractivity contribution in [2.24, 2.45) is 0 Å². The lowest BCUT2D eigenvalue weighted by atomic mass is 10.2. The lowest BCUT2D eigenvalue weighted by Gasteiger charge is -2.21. The number of aromatic nitrogens is 2. The predicted molar refractivity (Wildman–Crippen MR) is 138 cm³/mol. The molecule has 1 N–H and O–H groups in total. The van der Waals surface area contributed by atoms with Gasteiger partial charge in [-0.2, -0.15) is 5.26 Å². The van der Waals surface area contributed by atoms with Gasteiger partial charge in [0.25, 0.3) is 5.91 Å². The van der Waals surface area contributed by atoms with Gasteiger partial charge in [-0.25, -0.2) is 18.1 Å². The van der Waals surface area contributed by atoms with E-state index in [9.17, 15) is 18.5 Å². The van der Waals surface area contributed by atoms with E-state index >= 15 is 0 Å². The number of halogens is 1. The fourth-order valence-electron chi connectivity index (χ4n) is 3.50. The minimum atomic E-state index is -3.83. The van der Waals surface area contributed by atoms with Crippen molar-refractivity contribution in [1.29, 1.82) is 5.26 Å². The highest BCUT2D eigenvalue weighted by Crippen LogP contribution is 2.47. The first-order valence-corrected chi connectivity index (χ1v) is 14.1. The third-order valence-corrected chi connectivity index (χ3v) is 8.25. The Kier molecular flexibility index (Phi) is 8.21. The van der Waals surface area contributed by atoms with E-state index in [0.717, 1.165) is 29.1 Å². The molecular weight excluding hydrogens is 522 g/mol. The lowest BCUT2D eigenvalue weighted by Crippen LogP contribution is -2.33. The topological polar surface area (TPSA) is 125 Å². The standard InChI is InChI=1S/C24H24ClN5O4S2/c1-34-11-2-12-36(32,33)29-23(31)21-22(17-5-6-17)35-24(28-21)30(15-19-8-7-18(25)14-27-19)20-9-3-16(13-26)4-10-20/h3-4,7-10,14,17H,2,5-6,11-12,15H2,1H3,(H,29,31). The lowest BCUT2D eigenvalue weighted by molar-refractivity contribution is 0.0976. The number of thiazole rings is 1. The summed E-state index contributed by atoms with van der Waals surface area (Å²) in [7, 11) is -2.34. The second-order valence-corrected chi connectivity index (χ2v) is 11.6. The van der Waals surface area contributed by atoms with E-state index in [1.807, 2.05) is 4.90 Å². The molecular formula is C24H24ClN5O4S2. The average Bonchev–Trinajstić information content (AvgIpc) is 3.61. The Balaban J connectivity index is 1.67. The number of hydrogen-bond acceptors (Lipinski definition) is 9. The largest absolute Gasteiger partial charge is 0.385 e. The minimum Gasteiger partial charge on any atom is -0.385 e. The maximum absolute atomic E-state index is 13.0. The molecule has 0 atom stereocenters. The number of hydrogen-bond donors (Lipinski definition) is 1. The third-order valence-electron chi connectivity index (χ3n) is 5.46. The van der Waals surface area contributed by atoms with Crippen molar-refractivity contribution in [3.63, 3.8) is 0 Å². The van der Waals surface area contributed by atoms with Gasteiger partial charge in [0.15, 0.2) is 5.13 Å². The molecule has 3 aromatic rings. The van der Waals surface area contributed by atoms with Crippen LogP contribution in [0.15, 0.2) is 42.6 Å². The van der Waals surface area contributed by atoms with Crippen molar-refractivity contribution < 1.29 is 17.9 Å². The Labute approximate surface area is 218 Å². The summed E-state index contributed by atoms with van der Waals surface area (Å²) in [4.78, 5) is 24.7. The zero-order chi connectivity index (χ0) is 25.7. The molecule has 0 spiro atoms. The van der Waals surface area contributed by atoms with Crippen LogP contribution in [0.1, 0.15) is 51.8 Å². The van der Waals surface area contributed by atoms with E-state index in [1.54, 1.807) is 42.6 Å². The summed E-state index contributed by atoms with van der Waals surface area (Å²) in [6.07, 6.45) is 3.66. The smallest absolute Gasteiger partial charge is 0.284 e. The minimum absolute atomic E-state index is 0.121. The van der Waals surface area contributed by atoms with Crippen LogP contribution in [0.5, 0.6) is 0 Å². The number of amides is 1. The number of pyridine rings is 1. The fraction of sp³-hybridized carbons (Fsp3) is 0.333. The van der Waals surface area contributed by atoms with Gasteiger partial charge in [-0.1, -0.05) is 11.6 Å². The molecule has 0 saturated heterocycles. The van der Waals surface area contributed by atoms with E-state index in [1.165, 1.54) is 18.4 Å². The maximum Gasteiger partial charge on any atom is 0.284 e. The van der Waals surface area contributed by atoms with Crippen LogP contribution in [0.2, 0.25) is 5.02 Å². The molecule has 9 nitrogen and oxygen atoms in total. The second kappa shape index (κ2) is 11.3. The fourth-order valence-corrected chi connectivity index (χ4v) is 5.84. The van der Waals surface area contributed by atoms with Crippen LogP contribution < -0.4 is 9.62 Å². The monoisotopic (exact) mass is 545 g/mol. The van der Waals surface area contributed by atoms with Gasteiger partial charge in [0, 0.05) is 30.5 Å². The molecule has 1 fully saturated rings. The average molecular weight is 546 g/mol. The van der Waals surface area contributed by atoms with E-state index < -0.39 is 15.9 Å². The zero-order valence-electron chi connectivity index (χ0n) is 19.5. The Morgan fingerprint density at radius 2 is 2.03 bits per heavy atom. The summed E-state index contributed by atoms with van der Waals surface area (Å²) >= 11 is 7.35. The Bertz CT molecular complexity index is 1360. The van der Waals surface area contributed by atoms with Crippen molar-refractivity contribution >= 4 is 49.7 Å². The number of carbonyl (C=O) groups excluding carboxylic acids is 1. The number of anilines is 2. The molecule has 4 rings (SSSR count). The van der Waals surface area contributed by atoms with E-state index in [4.69, 9.17) is 16.3 Å². The van der Waals surface area contributed by atoms with Crippen LogP contribution in [0.4, 0.5) is 10.8 Å². The number of nitrogens with one attached hydrogen (secondary N) is 1. The Morgan fingerprint density at radius 1 is 1.28 bits per heavy atom. The SMILES string of the molecule is COCCCS(=O)(=O)NC(=O)c1nc(N(Cc2ccc(Cl)cn2)c2ccc(C#N)cc2)sc1C1CC1. The molecule has 0 aliphatic heterocycles. The highest BCUT2D eigenvalue weighted by Gasteiger charge is 2.34. The van der Waals surface area contributed by atoms with Crippen LogP contribution in [0, 0.1) is 11.3 Å². The predicted octanol–water partition coefficient (Wildman–Crippen LogP) is 4.37. The zero-order valence-corrected chi connectivity index (χ0v) is 21.9. The summed E-state index contributed by atoms with van der Waals surface area (Å²) in [6.45, 7) is 0.610. The number of sulfonamides is 1. The normalized spacial score (nSPS) is 13.2. The van der Waals surface area contributed by atoms with Crippen LogP contribution in [-0.2, 0) is 21.3 Å². The first kappa shape index (κ1) is 26.0. The van der Waals surface area contributed by atoms with Crippen molar-refractivity contribution in [3.8, 4) is 6.07 Å². The van der Waals surface area contributed by atoms with Gasteiger partial charge < -0.3 is 9.64 Å². The first-order chi connectivity index (χ1) is 17.3. The van der Waals surface area contributed by atoms with Crippen molar-refractivity contribution in [2.45, 2.75) is 31.7 Å². The molecule has 0 unspecified atom stereocenters. The van der Waals surface area contributed by atoms with Crippen LogP contribution in [-0.4, -0.2) is 43.8 Å². The number of rotatable bonds is 11. The van der Waals surface area contributed by atoms with Crippen LogP contribution >= 0.6 is 22.9 Å². The van der Waals surface area contributed by atoms with Gasteiger partial charge in [-0.3, -0.25) is 9.78 Å². The number of carbonyl (C=O) groups is 1. The van der Waals surface area contributed by atoms with E-state index in [-0.39, 0.29) is 30.4 Å². The molecule has 2 heterocycles. The van der Waals surface area contributed by atoms with Gasteiger partial charge >= 0.3 is 0 Å². The van der Waals surface area contributed by atoms with Gasteiger partial charge in [0.2, 0.25) is 10.0 Å². The summed E-state index contributed by atoms with van der Waals surface area (Å²) in [5, 5.41) is 10.2. The molecule has 1 aliphatic carbocycles. The Morgan fingerprint density at radius 3 is 2.64 bits per heavy atom. The van der Waals surface area contributed by atoms with Crippen molar-refractivity contribution in [3.05, 3.63) is 69.4 Å². The number of benzene rings is 1. The van der Waals surface area contributed by atoms with Gasteiger partial charge in [-0.05, 0) is 61.6 Å². The number of ether oxygens (including phenoxy) is 1. The molecule has 188 valence electrons. The van der Waals surface area contributed by atoms with Crippen molar-refractivity contribution in [2.75, 3.05) is 24.4 Å². The Hall–Kier alpha value is -3.04. The third kappa shape index (κ3) is 6.59. The highest BCUT2D eigenvalue weighted by atomic mass is 35.5. The number of nitrogens with zero attached hydrogens (tertiary/aromatic N) is 4. The molecule has 12 heteroatoms. The van der Waals surface area contributed by atoms with Crippen LogP contribution in [0.3, 0.4) is 0 Å². The molecule has 36 heavy (non-hydrogen) atoms. The number of methoxy groups -OCH3 is 1. The summed E-state index contributed by atoms with van der Waals surface area (Å²) in [5.41, 5.74) is 2.11. The molecule has 0 radical (unpaired) electrons. The first-order valence-electron chi connectivity index (χ1n) is 11.2. The molecule has 0 bridgehead atoms. The quantitative estimate of drug-likeness (QED) is 0.352. The maximum atomic E-state index is 13.0. The van der Waals surface area contributed by atoms with E-state index in [2.05, 4.69) is 20.8 Å². The van der Waals surface area contributed by atoms with Gasteiger partial charge in [0.05, 0.1) is 34.6 Å². The van der Waals surface area contributed by atoms with Crippen LogP contribution in [0.25, 0.3) is 0 Å². The van der Waals surface area contributed by atoms with Crippen molar-refractivity contribution in [1.82, 2.24) is 14.7 Å². The highest BCUT2D eigenvalue weighted by molar-refractivity contribution is 7.90. The van der Waals surface area contributed by atoms with E-state index in [0.29, 0.717) is 22.3 Å². The molecule has 1 amide bonds. The molecule has 2 aromatic heterocycles. The summed E-state index contributed by atoms with van der Waals surface area (Å²) in [5.74, 6) is -0.784. The van der Waals surface area contributed by atoms with Gasteiger partial charge in [0.1, 0.15) is 5.69 Å². The molecule has 1 aromatic carbocycles. The summed E-state index contributed by atoms with van der Waals surface area (Å²) in [6, 6.07) is 12.6.